The summed E-state index contributed by atoms with van der Waals surface area (Å²) in [6, 6.07) is 0.526. The number of alkyl halides is 2. The molecule has 0 aromatic heterocycles. The van der Waals surface area contributed by atoms with Crippen LogP contribution in [-0.4, -0.2) is 32.2 Å². The number of carbonyl (C=O) groups excluding carboxylic acids is 1. The molecule has 0 spiro atoms. The van der Waals surface area contributed by atoms with E-state index in [1.807, 2.05) is 4.90 Å². The number of amides is 1. The lowest BCUT2D eigenvalue weighted by Gasteiger charge is -2.21. The Morgan fingerprint density at radius 2 is 2.27 bits per heavy atom. The third kappa shape index (κ3) is 2.43. The fourth-order valence-corrected chi connectivity index (χ4v) is 2.79. The second kappa shape index (κ2) is 4.84. The molecule has 0 bridgehead atoms. The molecule has 2 nitrogen and oxygen atoms in total. The molecule has 11 heavy (non-hydrogen) atoms. The first-order valence-electron chi connectivity index (χ1n) is 3.71. The van der Waals surface area contributed by atoms with Crippen molar-refractivity contribution in [2.45, 2.75) is 18.9 Å². The second-order valence-corrected chi connectivity index (χ2v) is 4.58. The molecule has 1 heterocycles. The van der Waals surface area contributed by atoms with Gasteiger partial charge >= 0.3 is 0 Å². The predicted molar refractivity (Wildman–Crippen MR) is 62.5 cm³/mol. The monoisotopic (exact) mass is 379 g/mol. The zero-order valence-corrected chi connectivity index (χ0v) is 10.5. The molecule has 1 rings (SSSR count). The molecule has 0 saturated carbocycles. The number of hydrogen-bond donors (Lipinski definition) is 0. The number of carbonyl (C=O) groups is 1. The van der Waals surface area contributed by atoms with Crippen LogP contribution in [0.2, 0.25) is 0 Å². The molecule has 0 N–H and O–H groups in total. The third-order valence-corrected chi connectivity index (χ3v) is 3.46. The predicted octanol–water partition coefficient (Wildman–Crippen LogP) is 1.85. The van der Waals surface area contributed by atoms with Crippen molar-refractivity contribution < 1.29 is 4.79 Å². The van der Waals surface area contributed by atoms with E-state index in [-0.39, 0.29) is 0 Å². The van der Waals surface area contributed by atoms with E-state index in [9.17, 15) is 4.79 Å². The van der Waals surface area contributed by atoms with Crippen molar-refractivity contribution in [2.24, 2.45) is 0 Å². The van der Waals surface area contributed by atoms with Gasteiger partial charge in [0.25, 0.3) is 0 Å². The number of rotatable bonds is 3. The van der Waals surface area contributed by atoms with Crippen LogP contribution in [0.5, 0.6) is 0 Å². The van der Waals surface area contributed by atoms with Gasteiger partial charge in [-0.15, -0.1) is 0 Å². The van der Waals surface area contributed by atoms with Crippen LogP contribution in [0.15, 0.2) is 0 Å². The van der Waals surface area contributed by atoms with Gasteiger partial charge in [-0.3, -0.25) is 4.79 Å². The molecule has 1 aliphatic heterocycles. The van der Waals surface area contributed by atoms with Gasteiger partial charge in [0.05, 0.1) is 0 Å². The zero-order valence-electron chi connectivity index (χ0n) is 6.22. The van der Waals surface area contributed by atoms with Crippen LogP contribution >= 0.6 is 45.2 Å². The minimum absolute atomic E-state index is 0.350. The Morgan fingerprint density at radius 1 is 1.55 bits per heavy atom. The molecule has 1 aliphatic rings. The highest BCUT2D eigenvalue weighted by molar-refractivity contribution is 14.1. The standard InChI is InChI=1S/C7H11I2NO/c8-3-4-10-6(5-9)1-2-7(10)11/h6H,1-5H2. The lowest BCUT2D eigenvalue weighted by molar-refractivity contribution is -0.128. The molecule has 0 radical (unpaired) electrons. The number of halogens is 2. The smallest absolute Gasteiger partial charge is 0.222 e. The largest absolute Gasteiger partial charge is 0.338 e. The molecule has 1 fully saturated rings. The Hall–Kier alpha value is 0.930. The Morgan fingerprint density at radius 3 is 2.82 bits per heavy atom. The third-order valence-electron chi connectivity index (χ3n) is 1.96. The van der Waals surface area contributed by atoms with Gasteiger partial charge in [0.15, 0.2) is 0 Å². The molecule has 0 aliphatic carbocycles. The average molecular weight is 379 g/mol. The first-order valence-corrected chi connectivity index (χ1v) is 6.76. The van der Waals surface area contributed by atoms with Crippen LogP contribution in [0.4, 0.5) is 0 Å². The quantitative estimate of drug-likeness (QED) is 0.542. The molecule has 1 atom stereocenters. The minimum atomic E-state index is 0.350. The molecule has 0 aromatic rings. The highest BCUT2D eigenvalue weighted by Gasteiger charge is 2.28. The minimum Gasteiger partial charge on any atom is -0.338 e. The average Bonchev–Trinajstić information content (AvgIpc) is 2.34. The summed E-state index contributed by atoms with van der Waals surface area (Å²) < 4.78 is 2.14. The molecule has 1 unspecified atom stereocenters. The SMILES string of the molecule is O=C1CCC(CI)N1CCI. The summed E-state index contributed by atoms with van der Waals surface area (Å²) in [6.45, 7) is 0.938. The number of hydrogen-bond acceptors (Lipinski definition) is 1. The maximum Gasteiger partial charge on any atom is 0.222 e. The topological polar surface area (TPSA) is 20.3 Å². The Kier molecular flexibility index (Phi) is 4.40. The number of nitrogens with zero attached hydrogens (tertiary/aromatic N) is 1. The normalized spacial score (nSPS) is 24.7. The Balaban J connectivity index is 2.49. The van der Waals surface area contributed by atoms with Crippen LogP contribution in [0.1, 0.15) is 12.8 Å². The first kappa shape index (κ1) is 10.0. The van der Waals surface area contributed by atoms with Gasteiger partial charge in [-0.05, 0) is 6.42 Å². The zero-order chi connectivity index (χ0) is 8.27. The van der Waals surface area contributed by atoms with E-state index in [0.29, 0.717) is 11.9 Å². The second-order valence-electron chi connectivity index (χ2n) is 2.62. The summed E-state index contributed by atoms with van der Waals surface area (Å²) in [5.74, 6) is 0.350. The van der Waals surface area contributed by atoms with E-state index in [4.69, 9.17) is 0 Å². The highest BCUT2D eigenvalue weighted by atomic mass is 127. The van der Waals surface area contributed by atoms with Crippen molar-refractivity contribution in [3.8, 4) is 0 Å². The van der Waals surface area contributed by atoms with E-state index in [0.717, 1.165) is 28.2 Å². The lowest BCUT2D eigenvalue weighted by atomic mass is 10.2. The van der Waals surface area contributed by atoms with E-state index in [2.05, 4.69) is 45.2 Å². The Bertz CT molecular complexity index is 151. The number of likely N-dealkylation sites (tertiary alicyclic amines) is 1. The molecule has 4 heteroatoms. The maximum atomic E-state index is 11.3. The summed E-state index contributed by atoms with van der Waals surface area (Å²) in [7, 11) is 0. The Labute approximate surface area is 94.4 Å². The van der Waals surface area contributed by atoms with Crippen molar-refractivity contribution in [3.05, 3.63) is 0 Å². The fraction of sp³-hybridized carbons (Fsp3) is 0.857. The van der Waals surface area contributed by atoms with E-state index < -0.39 is 0 Å². The molecule has 64 valence electrons. The van der Waals surface area contributed by atoms with Crippen molar-refractivity contribution in [1.29, 1.82) is 0 Å². The first-order chi connectivity index (χ1) is 5.29. The van der Waals surface area contributed by atoms with Gasteiger partial charge < -0.3 is 4.90 Å². The van der Waals surface area contributed by atoms with Crippen molar-refractivity contribution in [3.63, 3.8) is 0 Å². The summed E-state index contributed by atoms with van der Waals surface area (Å²) in [6.07, 6.45) is 1.84. The van der Waals surface area contributed by atoms with Crippen LogP contribution in [-0.2, 0) is 4.79 Å². The summed E-state index contributed by atoms with van der Waals surface area (Å²) >= 11 is 4.68. The van der Waals surface area contributed by atoms with Gasteiger partial charge in [0.2, 0.25) is 5.91 Å². The maximum absolute atomic E-state index is 11.3. The van der Waals surface area contributed by atoms with E-state index >= 15 is 0 Å². The highest BCUT2D eigenvalue weighted by Crippen LogP contribution is 2.20. The summed E-state index contributed by atoms with van der Waals surface area (Å²) in [5, 5.41) is 0. The van der Waals surface area contributed by atoms with Gasteiger partial charge in [0.1, 0.15) is 0 Å². The fourth-order valence-electron chi connectivity index (χ4n) is 1.35. The van der Waals surface area contributed by atoms with Gasteiger partial charge in [-0.25, -0.2) is 0 Å². The summed E-state index contributed by atoms with van der Waals surface area (Å²) in [4.78, 5) is 13.3. The van der Waals surface area contributed by atoms with Crippen LogP contribution in [0.25, 0.3) is 0 Å². The molecule has 1 amide bonds. The van der Waals surface area contributed by atoms with Crippen LogP contribution in [0, 0.1) is 0 Å². The molecule has 1 saturated heterocycles. The van der Waals surface area contributed by atoms with Crippen molar-refractivity contribution in [2.75, 3.05) is 15.4 Å². The molecular weight excluding hydrogens is 368 g/mol. The van der Waals surface area contributed by atoms with Gasteiger partial charge in [-0.1, -0.05) is 45.2 Å². The van der Waals surface area contributed by atoms with Gasteiger partial charge in [-0.2, -0.15) is 0 Å². The van der Waals surface area contributed by atoms with Gasteiger partial charge in [0, 0.05) is 27.9 Å². The van der Waals surface area contributed by atoms with Crippen LogP contribution in [0.3, 0.4) is 0 Å². The molecule has 0 aromatic carbocycles. The molecular formula is C7H11I2NO. The van der Waals surface area contributed by atoms with E-state index in [1.54, 1.807) is 0 Å². The van der Waals surface area contributed by atoms with Crippen molar-refractivity contribution >= 4 is 51.1 Å². The summed E-state index contributed by atoms with van der Waals surface area (Å²) in [5.41, 5.74) is 0. The van der Waals surface area contributed by atoms with E-state index in [1.165, 1.54) is 0 Å². The lowest BCUT2D eigenvalue weighted by Crippen LogP contribution is -2.35. The van der Waals surface area contributed by atoms with Crippen molar-refractivity contribution in [1.82, 2.24) is 4.90 Å². The van der Waals surface area contributed by atoms with Crippen LogP contribution < -0.4 is 0 Å².